The number of ether oxygens (including phenoxy) is 1. The quantitative estimate of drug-likeness (QED) is 0.543. The molecule has 0 fully saturated rings. The summed E-state index contributed by atoms with van der Waals surface area (Å²) in [4.78, 5) is 25.5. The molecule has 3 aromatic carbocycles. The summed E-state index contributed by atoms with van der Waals surface area (Å²) in [5.74, 6) is 0.148. The van der Waals surface area contributed by atoms with Crippen LogP contribution in [0.2, 0.25) is 0 Å². The number of benzene rings is 3. The molecular weight excluding hydrogens is 376 g/mol. The molecule has 5 heteroatoms. The normalized spacial score (nSPS) is 10.2. The van der Waals surface area contributed by atoms with E-state index in [2.05, 4.69) is 17.2 Å². The average molecular weight is 400 g/mol. The molecule has 0 saturated heterocycles. The smallest absolute Gasteiger partial charge is 0.255 e. The van der Waals surface area contributed by atoms with E-state index >= 15 is 0 Å². The lowest BCUT2D eigenvalue weighted by atomic mass is 10.1. The topological polar surface area (TPSA) is 67.4 Å². The van der Waals surface area contributed by atoms with Gasteiger partial charge in [0.1, 0.15) is 5.75 Å². The van der Waals surface area contributed by atoms with Gasteiger partial charge in [0, 0.05) is 12.1 Å². The highest BCUT2D eigenvalue weighted by Crippen LogP contribution is 2.22. The van der Waals surface area contributed by atoms with Gasteiger partial charge in [-0.05, 0) is 47.9 Å². The molecule has 30 heavy (non-hydrogen) atoms. The Kier molecular flexibility index (Phi) is 7.00. The summed E-state index contributed by atoms with van der Waals surface area (Å²) in [5, 5.41) is 5.74. The number of methoxy groups -OCH3 is 1. The molecule has 152 valence electrons. The molecule has 0 saturated carbocycles. The number of amides is 2. The fraction of sp³-hybridized carbons (Fsp3) is 0.120. The molecule has 3 aromatic rings. The van der Waals surface area contributed by atoms with Crippen LogP contribution in [0.15, 0.2) is 85.5 Å². The van der Waals surface area contributed by atoms with Gasteiger partial charge in [0.25, 0.3) is 11.8 Å². The number of carbonyl (C=O) groups is 2. The first kappa shape index (κ1) is 20.9. The lowest BCUT2D eigenvalue weighted by molar-refractivity contribution is 0.0952. The molecule has 0 atom stereocenters. The second-order valence-electron chi connectivity index (χ2n) is 6.69. The van der Waals surface area contributed by atoms with Crippen LogP contribution < -0.4 is 15.4 Å². The molecule has 0 aliphatic rings. The van der Waals surface area contributed by atoms with Crippen LogP contribution in [-0.4, -0.2) is 18.9 Å². The van der Waals surface area contributed by atoms with Gasteiger partial charge in [-0.25, -0.2) is 0 Å². The van der Waals surface area contributed by atoms with Crippen LogP contribution in [-0.2, 0) is 13.0 Å². The van der Waals surface area contributed by atoms with Crippen LogP contribution in [0.4, 0.5) is 5.69 Å². The molecule has 0 spiro atoms. The summed E-state index contributed by atoms with van der Waals surface area (Å²) in [6.07, 6.45) is 2.34. The zero-order chi connectivity index (χ0) is 21.3. The highest BCUT2D eigenvalue weighted by molar-refractivity contribution is 6.09. The predicted octanol–water partition coefficient (Wildman–Crippen LogP) is 4.61. The molecule has 3 rings (SSSR count). The first-order valence-corrected chi connectivity index (χ1v) is 9.62. The Hall–Kier alpha value is -3.86. The van der Waals surface area contributed by atoms with Gasteiger partial charge in [-0.3, -0.25) is 9.59 Å². The number of allylic oxidation sites excluding steroid dienone is 1. The lowest BCUT2D eigenvalue weighted by Crippen LogP contribution is -2.24. The van der Waals surface area contributed by atoms with Crippen LogP contribution >= 0.6 is 0 Å². The van der Waals surface area contributed by atoms with E-state index in [-0.39, 0.29) is 11.8 Å². The SMILES string of the molecule is C=CCc1cc(C(=O)Nc2ccccc2C(=O)NCc2ccccc2)ccc1OC. The summed E-state index contributed by atoms with van der Waals surface area (Å²) in [6, 6.07) is 21.8. The highest BCUT2D eigenvalue weighted by Gasteiger charge is 2.15. The Morgan fingerprint density at radius 3 is 2.43 bits per heavy atom. The van der Waals surface area contributed by atoms with E-state index in [9.17, 15) is 9.59 Å². The second-order valence-corrected chi connectivity index (χ2v) is 6.69. The van der Waals surface area contributed by atoms with Crippen molar-refractivity contribution in [1.82, 2.24) is 5.32 Å². The van der Waals surface area contributed by atoms with Gasteiger partial charge in [-0.1, -0.05) is 48.5 Å². The van der Waals surface area contributed by atoms with Crippen molar-refractivity contribution in [2.75, 3.05) is 12.4 Å². The largest absolute Gasteiger partial charge is 0.496 e. The van der Waals surface area contributed by atoms with Crippen molar-refractivity contribution in [1.29, 1.82) is 0 Å². The van der Waals surface area contributed by atoms with E-state index in [1.807, 2.05) is 30.3 Å². The number of para-hydroxylation sites is 1. The fourth-order valence-electron chi connectivity index (χ4n) is 3.09. The van der Waals surface area contributed by atoms with Crippen LogP contribution in [0.3, 0.4) is 0 Å². The molecule has 0 bridgehead atoms. The first-order chi connectivity index (χ1) is 14.6. The van der Waals surface area contributed by atoms with E-state index in [4.69, 9.17) is 4.74 Å². The number of carbonyl (C=O) groups excluding carboxylic acids is 2. The maximum atomic E-state index is 12.8. The van der Waals surface area contributed by atoms with Crippen molar-refractivity contribution in [3.63, 3.8) is 0 Å². The zero-order valence-electron chi connectivity index (χ0n) is 16.9. The third-order valence-corrected chi connectivity index (χ3v) is 4.62. The molecule has 0 unspecified atom stereocenters. The summed E-state index contributed by atoms with van der Waals surface area (Å²) < 4.78 is 5.33. The van der Waals surface area contributed by atoms with E-state index in [0.29, 0.717) is 35.5 Å². The molecule has 0 aliphatic heterocycles. The minimum Gasteiger partial charge on any atom is -0.496 e. The molecule has 0 aromatic heterocycles. The lowest BCUT2D eigenvalue weighted by Gasteiger charge is -2.13. The van der Waals surface area contributed by atoms with E-state index < -0.39 is 0 Å². The minimum absolute atomic E-state index is 0.253. The van der Waals surface area contributed by atoms with Gasteiger partial charge < -0.3 is 15.4 Å². The maximum Gasteiger partial charge on any atom is 0.255 e. The van der Waals surface area contributed by atoms with Crippen LogP contribution in [0, 0.1) is 0 Å². The van der Waals surface area contributed by atoms with E-state index in [1.54, 1.807) is 55.7 Å². The van der Waals surface area contributed by atoms with Gasteiger partial charge >= 0.3 is 0 Å². The number of hydrogen-bond acceptors (Lipinski definition) is 3. The Morgan fingerprint density at radius 1 is 0.967 bits per heavy atom. The monoisotopic (exact) mass is 400 g/mol. The van der Waals surface area contributed by atoms with Gasteiger partial charge in [-0.15, -0.1) is 6.58 Å². The summed E-state index contributed by atoms with van der Waals surface area (Å²) >= 11 is 0. The Bertz CT molecular complexity index is 1050. The maximum absolute atomic E-state index is 12.8. The van der Waals surface area contributed by atoms with Gasteiger partial charge in [0.2, 0.25) is 0 Å². The Labute approximate surface area is 176 Å². The standard InChI is InChI=1S/C25H24N2O3/c1-3-9-19-16-20(14-15-23(19)30-2)24(28)27-22-13-8-7-12-21(22)25(29)26-17-18-10-5-4-6-11-18/h3-8,10-16H,1,9,17H2,2H3,(H,26,29)(H,27,28). The number of rotatable bonds is 8. The predicted molar refractivity (Wildman–Crippen MR) is 119 cm³/mol. The number of hydrogen-bond donors (Lipinski definition) is 2. The van der Waals surface area contributed by atoms with Gasteiger partial charge in [-0.2, -0.15) is 0 Å². The van der Waals surface area contributed by atoms with Crippen LogP contribution in [0.1, 0.15) is 31.8 Å². The van der Waals surface area contributed by atoms with Gasteiger partial charge in [0.05, 0.1) is 18.4 Å². The third kappa shape index (κ3) is 5.14. The van der Waals surface area contributed by atoms with Crippen molar-refractivity contribution in [2.45, 2.75) is 13.0 Å². The zero-order valence-corrected chi connectivity index (χ0v) is 16.9. The van der Waals surface area contributed by atoms with E-state index in [0.717, 1.165) is 11.1 Å². The van der Waals surface area contributed by atoms with Crippen LogP contribution in [0.25, 0.3) is 0 Å². The van der Waals surface area contributed by atoms with Crippen molar-refractivity contribution in [3.05, 3.63) is 108 Å². The molecule has 2 N–H and O–H groups in total. The summed E-state index contributed by atoms with van der Waals surface area (Å²) in [6.45, 7) is 4.15. The average Bonchev–Trinajstić information content (AvgIpc) is 2.78. The molecule has 0 aliphatic carbocycles. The van der Waals surface area contributed by atoms with Crippen molar-refractivity contribution < 1.29 is 14.3 Å². The highest BCUT2D eigenvalue weighted by atomic mass is 16.5. The van der Waals surface area contributed by atoms with Crippen molar-refractivity contribution in [2.24, 2.45) is 0 Å². The molecule has 5 nitrogen and oxygen atoms in total. The molecular formula is C25H24N2O3. The Morgan fingerprint density at radius 2 is 1.70 bits per heavy atom. The summed E-state index contributed by atoms with van der Waals surface area (Å²) in [5.41, 5.74) is 3.21. The fourth-order valence-corrected chi connectivity index (χ4v) is 3.09. The second kappa shape index (κ2) is 10.1. The minimum atomic E-state index is -0.300. The third-order valence-electron chi connectivity index (χ3n) is 4.62. The molecule has 0 radical (unpaired) electrons. The van der Waals surface area contributed by atoms with Crippen LogP contribution in [0.5, 0.6) is 5.75 Å². The molecule has 0 heterocycles. The van der Waals surface area contributed by atoms with Crippen molar-refractivity contribution in [3.8, 4) is 5.75 Å². The van der Waals surface area contributed by atoms with E-state index in [1.165, 1.54) is 0 Å². The van der Waals surface area contributed by atoms with Crippen molar-refractivity contribution >= 4 is 17.5 Å². The first-order valence-electron chi connectivity index (χ1n) is 9.62. The summed E-state index contributed by atoms with van der Waals surface area (Å²) in [7, 11) is 1.59. The number of anilines is 1. The Balaban J connectivity index is 1.75. The number of nitrogens with one attached hydrogen (secondary N) is 2. The molecule has 2 amide bonds. The van der Waals surface area contributed by atoms with Gasteiger partial charge in [0.15, 0.2) is 0 Å².